The summed E-state index contributed by atoms with van der Waals surface area (Å²) in [6, 6.07) is 6.66. The van der Waals surface area contributed by atoms with Crippen LogP contribution in [0.3, 0.4) is 0 Å². The highest BCUT2D eigenvalue weighted by molar-refractivity contribution is 7.99. The second-order valence-corrected chi connectivity index (χ2v) is 7.28. The van der Waals surface area contributed by atoms with E-state index in [9.17, 15) is 14.4 Å². The smallest absolute Gasteiger partial charge is 0.321 e. The van der Waals surface area contributed by atoms with E-state index >= 15 is 0 Å². The average molecular weight is 391 g/mol. The quantitative estimate of drug-likeness (QED) is 0.534. The van der Waals surface area contributed by atoms with Crippen LogP contribution in [-0.4, -0.2) is 33.3 Å². The van der Waals surface area contributed by atoms with Crippen molar-refractivity contribution in [2.45, 2.75) is 57.8 Å². The highest BCUT2D eigenvalue weighted by atomic mass is 32.2. The van der Waals surface area contributed by atoms with Crippen LogP contribution < -0.4 is 16.2 Å². The number of nitrogens with zero attached hydrogens (tertiary/aromatic N) is 2. The molecular weight excluding hydrogens is 364 g/mol. The number of aromatic nitrogens is 2. The fourth-order valence-electron chi connectivity index (χ4n) is 2.43. The summed E-state index contributed by atoms with van der Waals surface area (Å²) >= 11 is 1.16. The Kier molecular flexibility index (Phi) is 7.84. The minimum atomic E-state index is -0.509. The normalized spacial score (nSPS) is 12.0. The molecule has 7 nitrogen and oxygen atoms in total. The highest BCUT2D eigenvalue weighted by Gasteiger charge is 2.14. The molecule has 2 aromatic rings. The second-order valence-electron chi connectivity index (χ2n) is 6.34. The first-order chi connectivity index (χ1) is 13.0. The third kappa shape index (κ3) is 5.82. The van der Waals surface area contributed by atoms with E-state index in [0.29, 0.717) is 22.6 Å². The van der Waals surface area contributed by atoms with Gasteiger partial charge in [0.15, 0.2) is 5.16 Å². The zero-order chi connectivity index (χ0) is 19.8. The van der Waals surface area contributed by atoms with Crippen LogP contribution in [0.25, 0.3) is 10.9 Å². The van der Waals surface area contributed by atoms with Crippen molar-refractivity contribution < 1.29 is 9.59 Å². The number of fused-ring (bicyclic) bond motifs is 1. The van der Waals surface area contributed by atoms with E-state index in [1.165, 1.54) is 0 Å². The number of thioether (sulfide) groups is 1. The van der Waals surface area contributed by atoms with Crippen LogP contribution in [0.1, 0.15) is 40.0 Å². The molecular formula is C19H26N4O3S. The van der Waals surface area contributed by atoms with Crippen molar-refractivity contribution >= 4 is 34.6 Å². The Labute approximate surface area is 162 Å². The summed E-state index contributed by atoms with van der Waals surface area (Å²) in [4.78, 5) is 41.1. The first-order valence-corrected chi connectivity index (χ1v) is 10.2. The Hall–Kier alpha value is -2.35. The molecule has 0 radical (unpaired) electrons. The molecule has 0 aliphatic rings. The minimum Gasteiger partial charge on any atom is -0.335 e. The number of carbonyl (C=O) groups excluding carboxylic acids is 2. The fraction of sp³-hybridized carbons (Fsp3) is 0.474. The lowest BCUT2D eigenvalue weighted by Crippen LogP contribution is -2.44. The first-order valence-electron chi connectivity index (χ1n) is 9.19. The summed E-state index contributed by atoms with van der Waals surface area (Å²) in [6.07, 6.45) is 2.57. The molecule has 1 atom stereocenters. The van der Waals surface area contributed by atoms with E-state index in [0.717, 1.165) is 31.0 Å². The van der Waals surface area contributed by atoms with Crippen LogP contribution in [0.15, 0.2) is 34.2 Å². The maximum absolute atomic E-state index is 12.8. The standard InChI is InChI=1S/C19H26N4O3S/c1-4-6-11-23-17(25)14-9-7-8-10-15(14)21-19(23)27-12-16(24)22-18(26)20-13(3)5-2/h7-10,13H,4-6,11-12H2,1-3H3,(H2,20,22,24,26)/t13-/m0/s1. The Morgan fingerprint density at radius 2 is 2.00 bits per heavy atom. The van der Waals surface area contributed by atoms with Crippen molar-refractivity contribution in [3.8, 4) is 0 Å². The number of carbonyl (C=O) groups is 2. The number of imide groups is 1. The molecule has 3 amide bonds. The first kappa shape index (κ1) is 21.0. The van der Waals surface area contributed by atoms with Crippen molar-refractivity contribution in [1.29, 1.82) is 0 Å². The van der Waals surface area contributed by atoms with Gasteiger partial charge in [0.2, 0.25) is 5.91 Å². The molecule has 0 bridgehead atoms. The van der Waals surface area contributed by atoms with Gasteiger partial charge in [0.25, 0.3) is 5.56 Å². The van der Waals surface area contributed by atoms with Gasteiger partial charge < -0.3 is 5.32 Å². The molecule has 0 aliphatic heterocycles. The topological polar surface area (TPSA) is 93.1 Å². The maximum Gasteiger partial charge on any atom is 0.321 e. The highest BCUT2D eigenvalue weighted by Crippen LogP contribution is 2.18. The van der Waals surface area contributed by atoms with Crippen molar-refractivity contribution in [2.24, 2.45) is 0 Å². The van der Waals surface area contributed by atoms with Crippen LogP contribution in [0.5, 0.6) is 0 Å². The lowest BCUT2D eigenvalue weighted by molar-refractivity contribution is -0.117. The summed E-state index contributed by atoms with van der Waals surface area (Å²) in [5.74, 6) is -0.421. The SMILES string of the molecule is CCCCn1c(SCC(=O)NC(=O)N[C@@H](C)CC)nc2ccccc2c1=O. The van der Waals surface area contributed by atoms with Gasteiger partial charge in [0, 0.05) is 12.6 Å². The zero-order valence-corrected chi connectivity index (χ0v) is 16.8. The van der Waals surface area contributed by atoms with E-state index in [1.807, 2.05) is 26.0 Å². The lowest BCUT2D eigenvalue weighted by Gasteiger charge is -2.13. The molecule has 2 rings (SSSR count). The van der Waals surface area contributed by atoms with E-state index in [-0.39, 0.29) is 17.4 Å². The van der Waals surface area contributed by atoms with Gasteiger partial charge in [-0.05, 0) is 31.9 Å². The summed E-state index contributed by atoms with van der Waals surface area (Å²) in [5, 5.41) is 6.04. The van der Waals surface area contributed by atoms with Crippen LogP contribution in [0.4, 0.5) is 4.79 Å². The van der Waals surface area contributed by atoms with Gasteiger partial charge in [-0.15, -0.1) is 0 Å². The van der Waals surface area contributed by atoms with Gasteiger partial charge in [0.05, 0.1) is 16.7 Å². The van der Waals surface area contributed by atoms with E-state index < -0.39 is 11.9 Å². The summed E-state index contributed by atoms with van der Waals surface area (Å²) in [5.41, 5.74) is 0.499. The van der Waals surface area contributed by atoms with Gasteiger partial charge in [-0.2, -0.15) is 0 Å². The third-order valence-electron chi connectivity index (χ3n) is 4.14. The van der Waals surface area contributed by atoms with Gasteiger partial charge in [-0.3, -0.25) is 19.5 Å². The molecule has 0 unspecified atom stereocenters. The number of rotatable bonds is 8. The van der Waals surface area contributed by atoms with Crippen molar-refractivity contribution in [1.82, 2.24) is 20.2 Å². The molecule has 27 heavy (non-hydrogen) atoms. The van der Waals surface area contributed by atoms with Crippen molar-refractivity contribution in [3.63, 3.8) is 0 Å². The van der Waals surface area contributed by atoms with E-state index in [4.69, 9.17) is 0 Å². The summed E-state index contributed by atoms with van der Waals surface area (Å²) < 4.78 is 1.61. The van der Waals surface area contributed by atoms with Gasteiger partial charge >= 0.3 is 6.03 Å². The Morgan fingerprint density at radius 3 is 2.70 bits per heavy atom. The number of hydrogen-bond donors (Lipinski definition) is 2. The molecule has 0 saturated carbocycles. The molecule has 0 saturated heterocycles. The number of nitrogens with one attached hydrogen (secondary N) is 2. The van der Waals surface area contributed by atoms with Crippen LogP contribution in [-0.2, 0) is 11.3 Å². The van der Waals surface area contributed by atoms with E-state index in [1.54, 1.807) is 16.7 Å². The number of para-hydroxylation sites is 1. The average Bonchev–Trinajstić information content (AvgIpc) is 2.65. The minimum absolute atomic E-state index is 0.00479. The maximum atomic E-state index is 12.8. The number of unbranched alkanes of at least 4 members (excludes halogenated alkanes) is 1. The number of amides is 3. The molecule has 8 heteroatoms. The fourth-order valence-corrected chi connectivity index (χ4v) is 3.25. The zero-order valence-electron chi connectivity index (χ0n) is 15.9. The molecule has 0 fully saturated rings. The van der Waals surface area contributed by atoms with Crippen molar-refractivity contribution in [3.05, 3.63) is 34.6 Å². The number of urea groups is 1. The van der Waals surface area contributed by atoms with Gasteiger partial charge in [-0.25, -0.2) is 9.78 Å². The largest absolute Gasteiger partial charge is 0.335 e. The third-order valence-corrected chi connectivity index (χ3v) is 5.11. The molecule has 1 heterocycles. The van der Waals surface area contributed by atoms with Crippen LogP contribution >= 0.6 is 11.8 Å². The molecule has 0 spiro atoms. The van der Waals surface area contributed by atoms with E-state index in [2.05, 4.69) is 22.5 Å². The summed E-state index contributed by atoms with van der Waals surface area (Å²) in [7, 11) is 0. The van der Waals surface area contributed by atoms with Gasteiger partial charge in [-0.1, -0.05) is 44.2 Å². The molecule has 1 aromatic heterocycles. The predicted molar refractivity (Wildman–Crippen MR) is 108 cm³/mol. The number of hydrogen-bond acceptors (Lipinski definition) is 5. The second kappa shape index (κ2) is 10.1. The Morgan fingerprint density at radius 1 is 1.26 bits per heavy atom. The molecule has 0 aliphatic carbocycles. The Bertz CT molecular complexity index is 866. The van der Waals surface area contributed by atoms with Crippen LogP contribution in [0.2, 0.25) is 0 Å². The lowest BCUT2D eigenvalue weighted by atomic mass is 10.2. The molecule has 2 N–H and O–H groups in total. The molecule has 146 valence electrons. The molecule has 1 aromatic carbocycles. The predicted octanol–water partition coefficient (Wildman–Crippen LogP) is 2.91. The van der Waals surface area contributed by atoms with Crippen LogP contribution in [0, 0.1) is 0 Å². The van der Waals surface area contributed by atoms with Gasteiger partial charge in [0.1, 0.15) is 0 Å². The Balaban J connectivity index is 2.13. The number of benzene rings is 1. The summed E-state index contributed by atoms with van der Waals surface area (Å²) in [6.45, 7) is 6.41. The van der Waals surface area contributed by atoms with Crippen molar-refractivity contribution in [2.75, 3.05) is 5.75 Å². The monoisotopic (exact) mass is 390 g/mol.